The highest BCUT2D eigenvalue weighted by atomic mass is 32.2. The molecule has 1 atom stereocenters. The minimum Gasteiger partial charge on any atom is -0.391 e. The number of sulfonamides is 1. The topological polar surface area (TPSA) is 87.7 Å². The zero-order valence-corrected chi connectivity index (χ0v) is 13.3. The van der Waals surface area contributed by atoms with Crippen LogP contribution in [-0.2, 0) is 14.8 Å². The second-order valence-electron chi connectivity index (χ2n) is 4.72. The lowest BCUT2D eigenvalue weighted by Crippen LogP contribution is -2.25. The fourth-order valence-corrected chi connectivity index (χ4v) is 3.13. The molecule has 0 aliphatic heterocycles. The van der Waals surface area contributed by atoms with Crippen molar-refractivity contribution in [1.82, 2.24) is 4.72 Å². The molecule has 7 heteroatoms. The van der Waals surface area contributed by atoms with Gasteiger partial charge in [0.2, 0.25) is 10.0 Å². The van der Waals surface area contributed by atoms with Crippen molar-refractivity contribution in [2.45, 2.75) is 30.8 Å². The van der Waals surface area contributed by atoms with Gasteiger partial charge < -0.3 is 15.2 Å². The first-order valence-electron chi connectivity index (χ1n) is 7.00. The SMILES string of the molecule is CCCNS(=O)(=O)c1ccccc1NCCC(O)COC. The Morgan fingerprint density at radius 3 is 2.67 bits per heavy atom. The number of benzene rings is 1. The summed E-state index contributed by atoms with van der Waals surface area (Å²) in [6.45, 7) is 3.04. The Morgan fingerprint density at radius 2 is 2.00 bits per heavy atom. The van der Waals surface area contributed by atoms with E-state index in [9.17, 15) is 13.5 Å². The van der Waals surface area contributed by atoms with E-state index in [4.69, 9.17) is 4.74 Å². The van der Waals surface area contributed by atoms with Gasteiger partial charge in [-0.2, -0.15) is 0 Å². The van der Waals surface area contributed by atoms with Gasteiger partial charge in [0.1, 0.15) is 4.90 Å². The van der Waals surface area contributed by atoms with Gasteiger partial charge in [-0.15, -0.1) is 0 Å². The van der Waals surface area contributed by atoms with Gasteiger partial charge in [-0.1, -0.05) is 19.1 Å². The number of ether oxygens (including phenoxy) is 1. The molecule has 1 aromatic carbocycles. The van der Waals surface area contributed by atoms with Crippen molar-refractivity contribution in [2.75, 3.05) is 32.1 Å². The van der Waals surface area contributed by atoms with E-state index in [1.165, 1.54) is 7.11 Å². The molecule has 0 aromatic heterocycles. The number of aliphatic hydroxyl groups is 1. The third-order valence-electron chi connectivity index (χ3n) is 2.87. The summed E-state index contributed by atoms with van der Waals surface area (Å²) in [5.74, 6) is 0. The van der Waals surface area contributed by atoms with Gasteiger partial charge in [-0.25, -0.2) is 13.1 Å². The number of rotatable bonds is 10. The summed E-state index contributed by atoms with van der Waals surface area (Å²) in [6.07, 6.45) is 0.646. The van der Waals surface area contributed by atoms with E-state index in [1.807, 2.05) is 6.92 Å². The maximum Gasteiger partial charge on any atom is 0.242 e. The molecule has 120 valence electrons. The molecule has 3 N–H and O–H groups in total. The number of methoxy groups -OCH3 is 1. The first-order chi connectivity index (χ1) is 10.0. The van der Waals surface area contributed by atoms with Crippen molar-refractivity contribution in [3.63, 3.8) is 0 Å². The summed E-state index contributed by atoms with van der Waals surface area (Å²) in [4.78, 5) is 0.222. The Bertz CT molecular complexity index is 519. The molecular formula is C14H24N2O4S. The van der Waals surface area contributed by atoms with E-state index in [2.05, 4.69) is 10.0 Å². The van der Waals surface area contributed by atoms with Gasteiger partial charge in [-0.05, 0) is 25.0 Å². The highest BCUT2D eigenvalue weighted by Gasteiger charge is 2.17. The first kappa shape index (κ1) is 17.9. The zero-order valence-electron chi connectivity index (χ0n) is 12.5. The summed E-state index contributed by atoms with van der Waals surface area (Å²) >= 11 is 0. The van der Waals surface area contributed by atoms with E-state index >= 15 is 0 Å². The van der Waals surface area contributed by atoms with Crippen molar-refractivity contribution in [1.29, 1.82) is 0 Å². The van der Waals surface area contributed by atoms with Crippen molar-refractivity contribution in [2.24, 2.45) is 0 Å². The third kappa shape index (κ3) is 6.01. The van der Waals surface area contributed by atoms with Crippen molar-refractivity contribution in [3.8, 4) is 0 Å². The van der Waals surface area contributed by atoms with E-state index in [0.717, 1.165) is 6.42 Å². The summed E-state index contributed by atoms with van der Waals surface area (Å²) in [5, 5.41) is 12.6. The van der Waals surface area contributed by atoms with Crippen molar-refractivity contribution < 1.29 is 18.3 Å². The van der Waals surface area contributed by atoms with Crippen LogP contribution in [0.3, 0.4) is 0 Å². The number of aliphatic hydroxyl groups excluding tert-OH is 1. The number of hydrogen-bond acceptors (Lipinski definition) is 5. The van der Waals surface area contributed by atoms with Crippen molar-refractivity contribution in [3.05, 3.63) is 24.3 Å². The van der Waals surface area contributed by atoms with Gasteiger partial charge in [0.05, 0.1) is 18.4 Å². The average Bonchev–Trinajstić information content (AvgIpc) is 2.46. The molecule has 1 unspecified atom stereocenters. The van der Waals surface area contributed by atoms with Crippen molar-refractivity contribution >= 4 is 15.7 Å². The Hall–Kier alpha value is -1.15. The van der Waals surface area contributed by atoms with Crippen LogP contribution in [0.5, 0.6) is 0 Å². The Kier molecular flexibility index (Phi) is 7.66. The van der Waals surface area contributed by atoms with Crippen LogP contribution in [0.1, 0.15) is 19.8 Å². The maximum absolute atomic E-state index is 12.2. The quantitative estimate of drug-likeness (QED) is 0.603. The van der Waals surface area contributed by atoms with Gasteiger partial charge in [0.15, 0.2) is 0 Å². The van der Waals surface area contributed by atoms with Crippen LogP contribution < -0.4 is 10.0 Å². The molecule has 0 saturated carbocycles. The monoisotopic (exact) mass is 316 g/mol. The predicted octanol–water partition coefficient (Wildman–Crippen LogP) is 1.18. The fourth-order valence-electron chi connectivity index (χ4n) is 1.81. The van der Waals surface area contributed by atoms with E-state index in [1.54, 1.807) is 24.3 Å². The number of para-hydroxylation sites is 1. The maximum atomic E-state index is 12.2. The van der Waals surface area contributed by atoms with Crippen LogP contribution in [0.15, 0.2) is 29.2 Å². The lowest BCUT2D eigenvalue weighted by Gasteiger charge is -2.14. The first-order valence-corrected chi connectivity index (χ1v) is 8.49. The molecule has 1 aromatic rings. The molecule has 0 fully saturated rings. The highest BCUT2D eigenvalue weighted by molar-refractivity contribution is 7.89. The molecule has 6 nitrogen and oxygen atoms in total. The minimum absolute atomic E-state index is 0.222. The summed E-state index contributed by atoms with van der Waals surface area (Å²) < 4.78 is 31.8. The van der Waals surface area contributed by atoms with E-state index in [0.29, 0.717) is 25.2 Å². The standard InChI is InChI=1S/C14H24N2O4S/c1-3-9-16-21(18,19)14-7-5-4-6-13(14)15-10-8-12(17)11-20-2/h4-7,12,15-17H,3,8-11H2,1-2H3. The second kappa shape index (κ2) is 8.99. The second-order valence-corrected chi connectivity index (χ2v) is 6.45. The van der Waals surface area contributed by atoms with Gasteiger partial charge in [0, 0.05) is 20.2 Å². The fraction of sp³-hybridized carbons (Fsp3) is 0.571. The van der Waals surface area contributed by atoms with Crippen LogP contribution in [0.25, 0.3) is 0 Å². The third-order valence-corrected chi connectivity index (χ3v) is 4.39. The van der Waals surface area contributed by atoms with Crippen LogP contribution in [0.4, 0.5) is 5.69 Å². The molecule has 0 heterocycles. The van der Waals surface area contributed by atoms with Gasteiger partial charge in [-0.3, -0.25) is 0 Å². The lowest BCUT2D eigenvalue weighted by atomic mass is 10.2. The Morgan fingerprint density at radius 1 is 1.29 bits per heavy atom. The molecule has 0 aliphatic rings. The summed E-state index contributed by atoms with van der Waals surface area (Å²) in [6, 6.07) is 6.73. The predicted molar refractivity (Wildman–Crippen MR) is 82.9 cm³/mol. The largest absolute Gasteiger partial charge is 0.391 e. The van der Waals surface area contributed by atoms with E-state index in [-0.39, 0.29) is 11.5 Å². The number of anilines is 1. The average molecular weight is 316 g/mol. The summed E-state index contributed by atoms with van der Waals surface area (Å²) in [7, 11) is -1.99. The highest BCUT2D eigenvalue weighted by Crippen LogP contribution is 2.20. The van der Waals surface area contributed by atoms with E-state index < -0.39 is 16.1 Å². The van der Waals surface area contributed by atoms with Crippen LogP contribution in [-0.4, -0.2) is 46.4 Å². The summed E-state index contributed by atoms with van der Waals surface area (Å²) in [5.41, 5.74) is 0.533. The van der Waals surface area contributed by atoms with Gasteiger partial charge in [0.25, 0.3) is 0 Å². The molecule has 0 spiro atoms. The van der Waals surface area contributed by atoms with Gasteiger partial charge >= 0.3 is 0 Å². The Labute approximate surface area is 126 Å². The molecule has 0 saturated heterocycles. The normalized spacial score (nSPS) is 13.1. The van der Waals surface area contributed by atoms with Crippen LogP contribution in [0, 0.1) is 0 Å². The molecule has 1 rings (SSSR count). The minimum atomic E-state index is -3.51. The zero-order chi connectivity index (χ0) is 15.7. The molecular weight excluding hydrogens is 292 g/mol. The number of nitrogens with one attached hydrogen (secondary N) is 2. The molecule has 0 bridgehead atoms. The molecule has 0 aliphatic carbocycles. The molecule has 21 heavy (non-hydrogen) atoms. The van der Waals surface area contributed by atoms with Crippen LogP contribution in [0.2, 0.25) is 0 Å². The molecule has 0 amide bonds. The molecule has 0 radical (unpaired) electrons. The smallest absolute Gasteiger partial charge is 0.242 e. The van der Waals surface area contributed by atoms with Crippen LogP contribution >= 0.6 is 0 Å². The Balaban J connectivity index is 2.71. The number of hydrogen-bond donors (Lipinski definition) is 3. The lowest BCUT2D eigenvalue weighted by molar-refractivity contribution is 0.0615.